The number of nitrogens with one attached hydrogen (secondary N) is 2. The highest BCUT2D eigenvalue weighted by Crippen LogP contribution is 2.09. The van der Waals surface area contributed by atoms with Gasteiger partial charge in [-0.15, -0.1) is 0 Å². The Morgan fingerprint density at radius 1 is 1.08 bits per heavy atom. The maximum Gasteiger partial charge on any atom is 0.307 e. The summed E-state index contributed by atoms with van der Waals surface area (Å²) in [6.07, 6.45) is 0.380. The van der Waals surface area contributed by atoms with Gasteiger partial charge in [-0.1, -0.05) is 0 Å². The predicted octanol–water partition coefficient (Wildman–Crippen LogP) is 1.93. The molecule has 0 radical (unpaired) electrons. The standard InChI is InChI=1S/C17H22F2N2O4/c1-11(2)25-16(23)7-9-20-15(22)4-3-8-21-17(24)13-6-5-12(18)10-14(13)19/h5-6,10-11H,3-4,7-9H2,1-2H3,(H,20,22)(H,21,24). The van der Waals surface area contributed by atoms with Crippen molar-refractivity contribution in [2.45, 2.75) is 39.2 Å². The van der Waals surface area contributed by atoms with Gasteiger partial charge in [0.15, 0.2) is 0 Å². The van der Waals surface area contributed by atoms with E-state index in [0.717, 1.165) is 12.1 Å². The molecular formula is C17H22F2N2O4. The molecule has 1 aromatic carbocycles. The van der Waals surface area contributed by atoms with Gasteiger partial charge in [-0.05, 0) is 32.4 Å². The lowest BCUT2D eigenvalue weighted by atomic mass is 10.2. The third-order valence-electron chi connectivity index (χ3n) is 3.06. The average Bonchev–Trinajstić information content (AvgIpc) is 2.50. The van der Waals surface area contributed by atoms with Crippen LogP contribution in [0.15, 0.2) is 18.2 Å². The van der Waals surface area contributed by atoms with Gasteiger partial charge in [-0.25, -0.2) is 8.78 Å². The van der Waals surface area contributed by atoms with Crippen LogP contribution in [0.2, 0.25) is 0 Å². The Hall–Kier alpha value is -2.51. The molecule has 0 unspecified atom stereocenters. The number of halogens is 2. The van der Waals surface area contributed by atoms with E-state index in [4.69, 9.17) is 4.74 Å². The van der Waals surface area contributed by atoms with Crippen LogP contribution in [0.3, 0.4) is 0 Å². The molecule has 0 fully saturated rings. The molecule has 8 heteroatoms. The van der Waals surface area contributed by atoms with Gasteiger partial charge in [-0.2, -0.15) is 0 Å². The molecule has 1 rings (SSSR count). The number of rotatable bonds is 9. The van der Waals surface area contributed by atoms with Crippen LogP contribution in [0, 0.1) is 11.6 Å². The highest BCUT2D eigenvalue weighted by atomic mass is 19.1. The van der Waals surface area contributed by atoms with Gasteiger partial charge in [0, 0.05) is 25.6 Å². The molecule has 0 saturated heterocycles. The zero-order valence-electron chi connectivity index (χ0n) is 14.2. The van der Waals surface area contributed by atoms with Crippen LogP contribution < -0.4 is 10.6 Å². The van der Waals surface area contributed by atoms with Crippen LogP contribution in [-0.4, -0.2) is 37.0 Å². The molecule has 25 heavy (non-hydrogen) atoms. The second-order valence-electron chi connectivity index (χ2n) is 5.62. The van der Waals surface area contributed by atoms with E-state index in [1.165, 1.54) is 0 Å². The maximum absolute atomic E-state index is 13.4. The largest absolute Gasteiger partial charge is 0.463 e. The minimum atomic E-state index is -0.941. The molecule has 0 aliphatic rings. The maximum atomic E-state index is 13.4. The summed E-state index contributed by atoms with van der Waals surface area (Å²) >= 11 is 0. The van der Waals surface area contributed by atoms with E-state index in [0.29, 0.717) is 12.5 Å². The number of carbonyl (C=O) groups is 3. The summed E-state index contributed by atoms with van der Waals surface area (Å²) in [4.78, 5) is 34.6. The van der Waals surface area contributed by atoms with Gasteiger partial charge < -0.3 is 15.4 Å². The van der Waals surface area contributed by atoms with Crippen molar-refractivity contribution in [2.75, 3.05) is 13.1 Å². The van der Waals surface area contributed by atoms with Crippen LogP contribution in [0.4, 0.5) is 8.78 Å². The first-order chi connectivity index (χ1) is 11.8. The number of amides is 2. The van der Waals surface area contributed by atoms with Gasteiger partial charge >= 0.3 is 5.97 Å². The van der Waals surface area contributed by atoms with Crippen molar-refractivity contribution in [3.63, 3.8) is 0 Å². The molecule has 6 nitrogen and oxygen atoms in total. The molecule has 0 saturated carbocycles. The molecule has 0 bridgehead atoms. The van der Waals surface area contributed by atoms with Crippen molar-refractivity contribution in [3.8, 4) is 0 Å². The monoisotopic (exact) mass is 356 g/mol. The Balaban J connectivity index is 2.19. The molecular weight excluding hydrogens is 334 g/mol. The fourth-order valence-corrected chi connectivity index (χ4v) is 1.93. The van der Waals surface area contributed by atoms with Crippen molar-refractivity contribution in [2.24, 2.45) is 0 Å². The van der Waals surface area contributed by atoms with Gasteiger partial charge in [-0.3, -0.25) is 14.4 Å². The lowest BCUT2D eigenvalue weighted by Gasteiger charge is -2.09. The first-order valence-corrected chi connectivity index (χ1v) is 7.99. The van der Waals surface area contributed by atoms with E-state index < -0.39 is 17.5 Å². The number of esters is 1. The third-order valence-corrected chi connectivity index (χ3v) is 3.06. The Labute approximate surface area is 144 Å². The summed E-state index contributed by atoms with van der Waals surface area (Å²) in [5.74, 6) is -3.02. The van der Waals surface area contributed by atoms with Crippen molar-refractivity contribution in [1.29, 1.82) is 0 Å². The predicted molar refractivity (Wildman–Crippen MR) is 86.8 cm³/mol. The highest BCUT2D eigenvalue weighted by Gasteiger charge is 2.12. The molecule has 138 valence electrons. The van der Waals surface area contributed by atoms with E-state index in [1.807, 2.05) is 0 Å². The summed E-state index contributed by atoms with van der Waals surface area (Å²) < 4.78 is 31.1. The van der Waals surface area contributed by atoms with Crippen LogP contribution in [0.1, 0.15) is 43.5 Å². The highest BCUT2D eigenvalue weighted by molar-refractivity contribution is 5.94. The van der Waals surface area contributed by atoms with Crippen LogP contribution in [0.25, 0.3) is 0 Å². The minimum Gasteiger partial charge on any atom is -0.463 e. The van der Waals surface area contributed by atoms with Crippen LogP contribution >= 0.6 is 0 Å². The number of hydrogen-bond acceptors (Lipinski definition) is 4. The lowest BCUT2D eigenvalue weighted by molar-refractivity contribution is -0.147. The second-order valence-corrected chi connectivity index (χ2v) is 5.62. The average molecular weight is 356 g/mol. The molecule has 0 aliphatic carbocycles. The topological polar surface area (TPSA) is 84.5 Å². The number of hydrogen-bond donors (Lipinski definition) is 2. The fourth-order valence-electron chi connectivity index (χ4n) is 1.93. The Morgan fingerprint density at radius 3 is 2.44 bits per heavy atom. The normalized spacial score (nSPS) is 10.4. The molecule has 0 aromatic heterocycles. The zero-order chi connectivity index (χ0) is 18.8. The molecule has 0 atom stereocenters. The van der Waals surface area contributed by atoms with E-state index in [-0.39, 0.29) is 49.5 Å². The number of carbonyl (C=O) groups excluding carboxylic acids is 3. The first kappa shape index (κ1) is 20.5. The van der Waals surface area contributed by atoms with Gasteiger partial charge in [0.2, 0.25) is 5.91 Å². The summed E-state index contributed by atoms with van der Waals surface area (Å²) in [6, 6.07) is 2.69. The quantitative estimate of drug-likeness (QED) is 0.523. The molecule has 0 spiro atoms. The molecule has 2 N–H and O–H groups in total. The Kier molecular flexibility index (Phi) is 8.52. The van der Waals surface area contributed by atoms with E-state index in [1.54, 1.807) is 13.8 Å². The van der Waals surface area contributed by atoms with Gasteiger partial charge in [0.1, 0.15) is 11.6 Å². The Bertz CT molecular complexity index is 621. The zero-order valence-corrected chi connectivity index (χ0v) is 14.2. The SMILES string of the molecule is CC(C)OC(=O)CCNC(=O)CCCNC(=O)c1ccc(F)cc1F. The molecule has 2 amide bonds. The van der Waals surface area contributed by atoms with Crippen LogP contribution in [0.5, 0.6) is 0 Å². The number of benzene rings is 1. The van der Waals surface area contributed by atoms with Gasteiger partial charge in [0.25, 0.3) is 5.91 Å². The summed E-state index contributed by atoms with van der Waals surface area (Å²) in [6.45, 7) is 3.82. The third kappa shape index (κ3) is 8.23. The van der Waals surface area contributed by atoms with Crippen LogP contribution in [-0.2, 0) is 14.3 Å². The summed E-state index contributed by atoms with van der Waals surface area (Å²) in [7, 11) is 0. The molecule has 0 heterocycles. The van der Waals surface area contributed by atoms with E-state index in [9.17, 15) is 23.2 Å². The van der Waals surface area contributed by atoms with Crippen molar-refractivity contribution in [1.82, 2.24) is 10.6 Å². The van der Waals surface area contributed by atoms with E-state index in [2.05, 4.69) is 10.6 Å². The summed E-state index contributed by atoms with van der Waals surface area (Å²) in [5.41, 5.74) is -0.255. The van der Waals surface area contributed by atoms with Crippen molar-refractivity contribution in [3.05, 3.63) is 35.4 Å². The van der Waals surface area contributed by atoms with Gasteiger partial charge in [0.05, 0.1) is 18.1 Å². The van der Waals surface area contributed by atoms with E-state index >= 15 is 0 Å². The first-order valence-electron chi connectivity index (χ1n) is 7.99. The summed E-state index contributed by atoms with van der Waals surface area (Å²) in [5, 5.41) is 5.02. The van der Waals surface area contributed by atoms with Crippen molar-refractivity contribution >= 4 is 17.8 Å². The van der Waals surface area contributed by atoms with Crippen molar-refractivity contribution < 1.29 is 27.9 Å². The lowest BCUT2D eigenvalue weighted by Crippen LogP contribution is -2.29. The molecule has 1 aromatic rings. The minimum absolute atomic E-state index is 0.0878. The smallest absolute Gasteiger partial charge is 0.307 e. The second kappa shape index (κ2) is 10.4. The number of ether oxygens (including phenoxy) is 1. The Morgan fingerprint density at radius 2 is 1.80 bits per heavy atom. The molecule has 0 aliphatic heterocycles. The fraction of sp³-hybridized carbons (Fsp3) is 0.471.